The van der Waals surface area contributed by atoms with E-state index in [2.05, 4.69) is 9.88 Å². The number of hydrogen-bond donors (Lipinski definition) is 0. The average Bonchev–Trinajstić information content (AvgIpc) is 3.12. The van der Waals surface area contributed by atoms with Gasteiger partial charge in [-0.2, -0.15) is 0 Å². The van der Waals surface area contributed by atoms with Crippen molar-refractivity contribution < 1.29 is 9.18 Å². The molecule has 1 saturated heterocycles. The highest BCUT2D eigenvalue weighted by Crippen LogP contribution is 2.29. The molecule has 0 unspecified atom stereocenters. The van der Waals surface area contributed by atoms with Crippen LogP contribution in [0.25, 0.3) is 10.6 Å². The molecule has 4 nitrogen and oxygen atoms in total. The lowest BCUT2D eigenvalue weighted by Gasteiger charge is -2.34. The predicted molar refractivity (Wildman–Crippen MR) is 110 cm³/mol. The fourth-order valence-corrected chi connectivity index (χ4v) is 4.46. The summed E-state index contributed by atoms with van der Waals surface area (Å²) in [5, 5.41) is 0.875. The number of carbonyl (C=O) groups is 1. The van der Waals surface area contributed by atoms with Gasteiger partial charge in [-0.1, -0.05) is 48.5 Å². The highest BCUT2D eigenvalue weighted by atomic mass is 32.1. The molecule has 0 bridgehead atoms. The number of rotatable bonds is 4. The number of piperazine rings is 1. The number of amides is 1. The Labute approximate surface area is 168 Å². The molecule has 1 fully saturated rings. The van der Waals surface area contributed by atoms with Crippen LogP contribution >= 0.6 is 11.3 Å². The molecule has 6 heteroatoms. The summed E-state index contributed by atoms with van der Waals surface area (Å²) >= 11 is 1.45. The first-order valence-corrected chi connectivity index (χ1v) is 10.2. The molecule has 1 aliphatic rings. The van der Waals surface area contributed by atoms with Crippen molar-refractivity contribution in [3.05, 3.63) is 76.5 Å². The average molecular weight is 396 g/mol. The second kappa shape index (κ2) is 8.20. The Morgan fingerprint density at radius 2 is 1.71 bits per heavy atom. The Kier molecular flexibility index (Phi) is 5.50. The minimum atomic E-state index is -0.172. The van der Waals surface area contributed by atoms with Crippen molar-refractivity contribution in [1.82, 2.24) is 14.8 Å². The molecule has 2 aromatic carbocycles. The molecule has 1 aromatic heterocycles. The van der Waals surface area contributed by atoms with E-state index in [0.717, 1.165) is 29.4 Å². The zero-order chi connectivity index (χ0) is 19.5. The number of halogens is 1. The largest absolute Gasteiger partial charge is 0.335 e. The van der Waals surface area contributed by atoms with Gasteiger partial charge in [-0.25, -0.2) is 9.37 Å². The second-order valence-electron chi connectivity index (χ2n) is 6.96. The zero-order valence-electron chi connectivity index (χ0n) is 15.8. The van der Waals surface area contributed by atoms with Gasteiger partial charge in [0.1, 0.15) is 15.7 Å². The van der Waals surface area contributed by atoms with Crippen LogP contribution in [0.5, 0.6) is 0 Å². The Hall–Kier alpha value is -2.57. The number of aryl methyl sites for hydroxylation is 1. The van der Waals surface area contributed by atoms with Gasteiger partial charge < -0.3 is 4.90 Å². The second-order valence-corrected chi connectivity index (χ2v) is 7.96. The smallest absolute Gasteiger partial charge is 0.265 e. The van der Waals surface area contributed by atoms with E-state index in [1.54, 1.807) is 6.07 Å². The maximum atomic E-state index is 13.9. The summed E-state index contributed by atoms with van der Waals surface area (Å²) in [6.07, 6.45) is 0. The van der Waals surface area contributed by atoms with E-state index < -0.39 is 0 Å². The van der Waals surface area contributed by atoms with Crippen molar-refractivity contribution in [2.45, 2.75) is 13.5 Å². The number of hydrogen-bond acceptors (Lipinski definition) is 4. The lowest BCUT2D eigenvalue weighted by Crippen LogP contribution is -2.48. The van der Waals surface area contributed by atoms with Crippen LogP contribution in [0.1, 0.15) is 20.9 Å². The molecule has 0 radical (unpaired) electrons. The minimum Gasteiger partial charge on any atom is -0.335 e. The van der Waals surface area contributed by atoms with Crippen molar-refractivity contribution in [3.63, 3.8) is 0 Å². The van der Waals surface area contributed by atoms with Gasteiger partial charge in [0.25, 0.3) is 5.91 Å². The summed E-state index contributed by atoms with van der Waals surface area (Å²) in [4.78, 5) is 22.4. The lowest BCUT2D eigenvalue weighted by atomic mass is 10.2. The topological polar surface area (TPSA) is 36.4 Å². The maximum Gasteiger partial charge on any atom is 0.265 e. The predicted octanol–water partition coefficient (Wildman–Crippen LogP) is 4.22. The van der Waals surface area contributed by atoms with Crippen LogP contribution in [-0.4, -0.2) is 46.9 Å². The summed E-state index contributed by atoms with van der Waals surface area (Å²) in [5.41, 5.74) is 2.51. The first-order valence-electron chi connectivity index (χ1n) is 9.39. The highest BCUT2D eigenvalue weighted by Gasteiger charge is 2.26. The van der Waals surface area contributed by atoms with Crippen LogP contribution in [-0.2, 0) is 6.54 Å². The molecule has 0 saturated carbocycles. The molecule has 1 amide bonds. The van der Waals surface area contributed by atoms with Crippen molar-refractivity contribution in [2.24, 2.45) is 0 Å². The lowest BCUT2D eigenvalue weighted by molar-refractivity contribution is 0.0631. The molecule has 0 atom stereocenters. The number of thiazole rings is 1. The van der Waals surface area contributed by atoms with Gasteiger partial charge in [0.05, 0.1) is 5.69 Å². The standard InChI is InChI=1S/C22H22FN3OS/c1-16-20(28-21(24-16)17-7-3-2-4-8-17)22(27)26-13-11-25(12-14-26)15-18-9-5-6-10-19(18)23/h2-10H,11-15H2,1H3. The Morgan fingerprint density at radius 1 is 1.04 bits per heavy atom. The van der Waals surface area contributed by atoms with E-state index >= 15 is 0 Å². The summed E-state index contributed by atoms with van der Waals surface area (Å²) in [7, 11) is 0. The number of benzene rings is 2. The van der Waals surface area contributed by atoms with Crippen molar-refractivity contribution in [1.29, 1.82) is 0 Å². The van der Waals surface area contributed by atoms with Gasteiger partial charge in [-0.05, 0) is 13.0 Å². The molecule has 0 N–H and O–H groups in total. The van der Waals surface area contributed by atoms with E-state index in [9.17, 15) is 9.18 Å². The first kappa shape index (κ1) is 18.8. The summed E-state index contributed by atoms with van der Waals surface area (Å²) in [5.74, 6) is -0.127. The number of carbonyl (C=O) groups excluding carboxylic acids is 1. The first-order chi connectivity index (χ1) is 13.6. The molecular formula is C22H22FN3OS. The maximum absolute atomic E-state index is 13.9. The van der Waals surface area contributed by atoms with E-state index in [1.165, 1.54) is 17.4 Å². The summed E-state index contributed by atoms with van der Waals surface area (Å²) in [6.45, 7) is 5.24. The van der Waals surface area contributed by atoms with E-state index in [0.29, 0.717) is 30.1 Å². The Balaban J connectivity index is 1.40. The molecule has 0 spiro atoms. The van der Waals surface area contributed by atoms with Gasteiger partial charge in [0.15, 0.2) is 0 Å². The Morgan fingerprint density at radius 3 is 2.43 bits per heavy atom. The van der Waals surface area contributed by atoms with Crippen molar-refractivity contribution in [3.8, 4) is 10.6 Å². The highest BCUT2D eigenvalue weighted by molar-refractivity contribution is 7.17. The van der Waals surface area contributed by atoms with Crippen LogP contribution in [0.2, 0.25) is 0 Å². The molecular weight excluding hydrogens is 373 g/mol. The number of nitrogens with zero attached hydrogens (tertiary/aromatic N) is 3. The molecule has 1 aliphatic heterocycles. The van der Waals surface area contributed by atoms with E-state index in [4.69, 9.17) is 0 Å². The van der Waals surface area contributed by atoms with Gasteiger partial charge in [0, 0.05) is 43.9 Å². The van der Waals surface area contributed by atoms with Crippen LogP contribution in [0.15, 0.2) is 54.6 Å². The molecule has 28 heavy (non-hydrogen) atoms. The normalized spacial score (nSPS) is 15.0. The SMILES string of the molecule is Cc1nc(-c2ccccc2)sc1C(=O)N1CCN(Cc2ccccc2F)CC1. The van der Waals surface area contributed by atoms with Crippen LogP contribution < -0.4 is 0 Å². The van der Waals surface area contributed by atoms with Gasteiger partial charge >= 0.3 is 0 Å². The summed E-state index contributed by atoms with van der Waals surface area (Å²) in [6, 6.07) is 16.8. The summed E-state index contributed by atoms with van der Waals surface area (Å²) < 4.78 is 13.9. The van der Waals surface area contributed by atoms with Gasteiger partial charge in [-0.3, -0.25) is 9.69 Å². The molecule has 0 aliphatic carbocycles. The fourth-order valence-electron chi connectivity index (χ4n) is 3.42. The van der Waals surface area contributed by atoms with Gasteiger partial charge in [-0.15, -0.1) is 11.3 Å². The molecule has 2 heterocycles. The number of aromatic nitrogens is 1. The molecule has 4 rings (SSSR count). The van der Waals surface area contributed by atoms with E-state index in [-0.39, 0.29) is 11.7 Å². The molecule has 3 aromatic rings. The third-order valence-electron chi connectivity index (χ3n) is 5.02. The monoisotopic (exact) mass is 395 g/mol. The van der Waals surface area contributed by atoms with Gasteiger partial charge in [0.2, 0.25) is 0 Å². The quantitative estimate of drug-likeness (QED) is 0.664. The minimum absolute atomic E-state index is 0.0442. The van der Waals surface area contributed by atoms with Crippen molar-refractivity contribution in [2.75, 3.05) is 26.2 Å². The van der Waals surface area contributed by atoms with E-state index in [1.807, 2.05) is 54.3 Å². The van der Waals surface area contributed by atoms with Crippen molar-refractivity contribution >= 4 is 17.2 Å². The van der Waals surface area contributed by atoms with Crippen LogP contribution in [0, 0.1) is 12.7 Å². The fraction of sp³-hybridized carbons (Fsp3) is 0.273. The van der Waals surface area contributed by atoms with Crippen LogP contribution in [0.3, 0.4) is 0 Å². The third kappa shape index (κ3) is 3.98. The zero-order valence-corrected chi connectivity index (χ0v) is 16.6. The Bertz CT molecular complexity index is 965. The third-order valence-corrected chi connectivity index (χ3v) is 6.22. The van der Waals surface area contributed by atoms with Crippen LogP contribution in [0.4, 0.5) is 4.39 Å². The molecule has 144 valence electrons.